The van der Waals surface area contributed by atoms with E-state index >= 15 is 0 Å². The van der Waals surface area contributed by atoms with E-state index in [0.29, 0.717) is 29.7 Å². The maximum Gasteiger partial charge on any atom is 0.276 e. The highest BCUT2D eigenvalue weighted by atomic mass is 16.6. The molecule has 2 rings (SSSR count). The number of ketones is 2. The molecule has 0 saturated carbocycles. The minimum Gasteiger partial charge on any atom is -0.453 e. The Morgan fingerprint density at radius 3 is 2.55 bits per heavy atom. The van der Waals surface area contributed by atoms with Crippen molar-refractivity contribution in [1.82, 2.24) is 0 Å². The van der Waals surface area contributed by atoms with Crippen LogP contribution in [0.25, 0.3) is 0 Å². The zero-order chi connectivity index (χ0) is 21.8. The van der Waals surface area contributed by atoms with Gasteiger partial charge >= 0.3 is 0 Å². The lowest BCUT2D eigenvalue weighted by atomic mass is 9.98. The summed E-state index contributed by atoms with van der Waals surface area (Å²) in [5.74, 6) is -1.99. The number of benzene rings is 1. The lowest BCUT2D eigenvalue weighted by molar-refractivity contribution is -0.111. The molecule has 2 N–H and O–H groups in total. The lowest BCUT2D eigenvalue weighted by Gasteiger charge is -2.19. The number of hydrogen-bond donors (Lipinski definition) is 2. The summed E-state index contributed by atoms with van der Waals surface area (Å²) >= 11 is 0. The van der Waals surface area contributed by atoms with Crippen LogP contribution in [0.5, 0.6) is 5.75 Å². The number of carbonyl (C=O) groups excluding carboxylic acids is 2. The highest BCUT2D eigenvalue weighted by Gasteiger charge is 2.46. The van der Waals surface area contributed by atoms with Crippen LogP contribution in [0.4, 0.5) is 0 Å². The second-order valence-corrected chi connectivity index (χ2v) is 8.20. The predicted octanol–water partition coefficient (Wildman–Crippen LogP) is 4.22. The molecule has 1 unspecified atom stereocenters. The normalized spacial score (nSPS) is 20.2. The SMILES string of the molecule is C/C(=C\CC1(O)Oc2cccc(C)c2C1=O)CC/C=C(\C)C(=O)/C=C/C(C)(C)O. The first-order valence-electron chi connectivity index (χ1n) is 9.77. The third-order valence-corrected chi connectivity index (χ3v) is 4.84. The van der Waals surface area contributed by atoms with Gasteiger partial charge in [-0.05, 0) is 76.8 Å². The molecule has 0 spiro atoms. The Hall–Kier alpha value is -2.50. The number of hydrogen-bond acceptors (Lipinski definition) is 5. The third-order valence-electron chi connectivity index (χ3n) is 4.84. The van der Waals surface area contributed by atoms with E-state index < -0.39 is 17.2 Å². The van der Waals surface area contributed by atoms with E-state index in [0.717, 1.165) is 11.1 Å². The summed E-state index contributed by atoms with van der Waals surface area (Å²) in [6.45, 7) is 8.69. The number of rotatable bonds is 8. The topological polar surface area (TPSA) is 83.8 Å². The second-order valence-electron chi connectivity index (χ2n) is 8.20. The first kappa shape index (κ1) is 22.8. The number of aliphatic hydroxyl groups is 2. The summed E-state index contributed by atoms with van der Waals surface area (Å²) in [5.41, 5.74) is 1.81. The molecule has 0 saturated heterocycles. The van der Waals surface area contributed by atoms with Crippen molar-refractivity contribution in [3.8, 4) is 5.75 Å². The molecule has 0 aromatic heterocycles. The molecule has 1 heterocycles. The molecule has 0 aliphatic carbocycles. The zero-order valence-electron chi connectivity index (χ0n) is 17.8. The van der Waals surface area contributed by atoms with E-state index in [2.05, 4.69) is 0 Å². The highest BCUT2D eigenvalue weighted by Crippen LogP contribution is 2.37. The summed E-state index contributed by atoms with van der Waals surface area (Å²) in [6.07, 6.45) is 7.92. The van der Waals surface area contributed by atoms with E-state index in [1.165, 1.54) is 12.2 Å². The van der Waals surface area contributed by atoms with Crippen molar-refractivity contribution in [2.24, 2.45) is 0 Å². The Balaban J connectivity index is 1.93. The van der Waals surface area contributed by atoms with E-state index in [4.69, 9.17) is 4.74 Å². The van der Waals surface area contributed by atoms with Gasteiger partial charge in [0.05, 0.1) is 11.2 Å². The minimum atomic E-state index is -1.86. The van der Waals surface area contributed by atoms with Crippen LogP contribution in [0.3, 0.4) is 0 Å². The molecule has 1 atom stereocenters. The fraction of sp³-hybridized carbons (Fsp3) is 0.417. The Kier molecular flexibility index (Phi) is 6.98. The molecule has 1 aliphatic rings. The van der Waals surface area contributed by atoms with E-state index in [1.807, 2.05) is 26.0 Å². The molecule has 1 aromatic carbocycles. The van der Waals surface area contributed by atoms with Crippen molar-refractivity contribution < 1.29 is 24.5 Å². The Morgan fingerprint density at radius 1 is 1.24 bits per heavy atom. The Labute approximate surface area is 172 Å². The van der Waals surface area contributed by atoms with Crippen molar-refractivity contribution >= 4 is 11.6 Å². The lowest BCUT2D eigenvalue weighted by Crippen LogP contribution is -2.39. The van der Waals surface area contributed by atoms with Gasteiger partial charge in [-0.3, -0.25) is 9.59 Å². The number of aryl methyl sites for hydroxylation is 1. The molecule has 0 amide bonds. The smallest absolute Gasteiger partial charge is 0.276 e. The molecule has 29 heavy (non-hydrogen) atoms. The van der Waals surface area contributed by atoms with Gasteiger partial charge in [0, 0.05) is 6.42 Å². The monoisotopic (exact) mass is 398 g/mol. The molecule has 156 valence electrons. The molecule has 0 bridgehead atoms. The van der Waals surface area contributed by atoms with Gasteiger partial charge in [0.15, 0.2) is 5.78 Å². The van der Waals surface area contributed by atoms with Crippen molar-refractivity contribution in [3.63, 3.8) is 0 Å². The van der Waals surface area contributed by atoms with Gasteiger partial charge in [-0.15, -0.1) is 0 Å². The summed E-state index contributed by atoms with van der Waals surface area (Å²) in [4.78, 5) is 24.6. The largest absolute Gasteiger partial charge is 0.453 e. The van der Waals surface area contributed by atoms with Crippen LogP contribution in [0, 0.1) is 6.92 Å². The number of fused-ring (bicyclic) bond motifs is 1. The fourth-order valence-electron chi connectivity index (χ4n) is 3.02. The summed E-state index contributed by atoms with van der Waals surface area (Å²) in [7, 11) is 0. The van der Waals surface area contributed by atoms with Crippen LogP contribution in [0.15, 0.2) is 53.6 Å². The molecular formula is C24H30O5. The summed E-state index contributed by atoms with van der Waals surface area (Å²) in [5, 5.41) is 20.3. The summed E-state index contributed by atoms with van der Waals surface area (Å²) in [6, 6.07) is 5.30. The minimum absolute atomic E-state index is 0.0712. The van der Waals surface area contributed by atoms with E-state index in [1.54, 1.807) is 39.0 Å². The first-order valence-corrected chi connectivity index (χ1v) is 9.77. The van der Waals surface area contributed by atoms with Crippen molar-refractivity contribution in [1.29, 1.82) is 0 Å². The molecule has 0 fully saturated rings. The van der Waals surface area contributed by atoms with Crippen LogP contribution in [0.2, 0.25) is 0 Å². The van der Waals surface area contributed by atoms with Gasteiger partial charge in [0.25, 0.3) is 5.79 Å². The number of allylic oxidation sites excluding steroid dienone is 4. The van der Waals surface area contributed by atoms with Gasteiger partial charge < -0.3 is 14.9 Å². The number of carbonyl (C=O) groups is 2. The van der Waals surface area contributed by atoms with Crippen molar-refractivity contribution in [2.45, 2.75) is 65.3 Å². The molecule has 5 nitrogen and oxygen atoms in total. The second kappa shape index (κ2) is 8.89. The number of Topliss-reactive ketones (excluding diaryl/α,β-unsaturated/α-hetero) is 1. The van der Waals surface area contributed by atoms with Gasteiger partial charge in [0.2, 0.25) is 5.78 Å². The van der Waals surface area contributed by atoms with Gasteiger partial charge in [-0.1, -0.05) is 29.9 Å². The maximum atomic E-state index is 12.6. The van der Waals surface area contributed by atoms with Crippen LogP contribution in [-0.4, -0.2) is 33.2 Å². The zero-order valence-corrected chi connectivity index (χ0v) is 17.8. The highest BCUT2D eigenvalue weighted by molar-refractivity contribution is 6.07. The van der Waals surface area contributed by atoms with Crippen LogP contribution in [0.1, 0.15) is 62.9 Å². The maximum absolute atomic E-state index is 12.6. The standard InChI is InChI=1S/C24H30O5/c1-16(8-6-9-17(2)19(25)13-14-23(4,5)27)12-15-24(28)22(26)21-18(3)10-7-11-20(21)29-24/h7,9-14,27-28H,6,8,15H2,1-5H3/b14-13+,16-12+,17-9+. The molecule has 0 radical (unpaired) electrons. The van der Waals surface area contributed by atoms with E-state index in [9.17, 15) is 19.8 Å². The van der Waals surface area contributed by atoms with Crippen LogP contribution >= 0.6 is 0 Å². The molecule has 1 aromatic rings. The molecule has 1 aliphatic heterocycles. The third kappa shape index (κ3) is 5.99. The first-order chi connectivity index (χ1) is 13.4. The fourth-order valence-corrected chi connectivity index (χ4v) is 3.02. The van der Waals surface area contributed by atoms with Gasteiger partial charge in [-0.25, -0.2) is 0 Å². The quantitative estimate of drug-likeness (QED) is 0.506. The number of ether oxygens (including phenoxy) is 1. The average Bonchev–Trinajstić information content (AvgIpc) is 2.89. The summed E-state index contributed by atoms with van der Waals surface area (Å²) < 4.78 is 5.54. The molecular weight excluding hydrogens is 368 g/mol. The van der Waals surface area contributed by atoms with Crippen LogP contribution in [-0.2, 0) is 4.79 Å². The average molecular weight is 398 g/mol. The Bertz CT molecular complexity index is 883. The van der Waals surface area contributed by atoms with Gasteiger partial charge in [0.1, 0.15) is 5.75 Å². The van der Waals surface area contributed by atoms with Gasteiger partial charge in [-0.2, -0.15) is 0 Å². The molecule has 5 heteroatoms. The van der Waals surface area contributed by atoms with Crippen molar-refractivity contribution in [2.75, 3.05) is 0 Å². The Morgan fingerprint density at radius 2 is 1.93 bits per heavy atom. The van der Waals surface area contributed by atoms with E-state index in [-0.39, 0.29) is 12.2 Å². The van der Waals surface area contributed by atoms with Crippen molar-refractivity contribution in [3.05, 3.63) is 64.8 Å². The predicted molar refractivity (Wildman–Crippen MR) is 113 cm³/mol. The van der Waals surface area contributed by atoms with Crippen LogP contribution < -0.4 is 4.74 Å².